The monoisotopic (exact) mass is 442 g/mol. The minimum Gasteiger partial charge on any atom is -0.349 e. The lowest BCUT2D eigenvalue weighted by Crippen LogP contribution is -2.47. The average molecular weight is 443 g/mol. The maximum absolute atomic E-state index is 13.2. The first kappa shape index (κ1) is 21.5. The number of sulfonamides is 1. The molecule has 0 bridgehead atoms. The quantitative estimate of drug-likeness (QED) is 0.629. The number of hydrogen-bond donors (Lipinski definition) is 1. The summed E-state index contributed by atoms with van der Waals surface area (Å²) in [6, 6.07) is 11.3. The number of carbonyl (C=O) groups excluding carboxylic acids is 1. The molecule has 1 aromatic carbocycles. The van der Waals surface area contributed by atoms with E-state index in [2.05, 4.69) is 15.5 Å². The van der Waals surface area contributed by atoms with Crippen molar-refractivity contribution < 1.29 is 17.7 Å². The molecule has 0 unspecified atom stereocenters. The first-order chi connectivity index (χ1) is 14.9. The molecule has 0 spiro atoms. The van der Waals surface area contributed by atoms with Crippen molar-refractivity contribution in [1.29, 1.82) is 0 Å². The average Bonchev–Trinajstić information content (AvgIpc) is 3.15. The molecule has 1 fully saturated rings. The van der Waals surface area contributed by atoms with Gasteiger partial charge in [0.15, 0.2) is 0 Å². The van der Waals surface area contributed by atoms with Gasteiger partial charge < -0.3 is 9.84 Å². The summed E-state index contributed by atoms with van der Waals surface area (Å²) in [7, 11) is -3.21. The van der Waals surface area contributed by atoms with Crippen molar-refractivity contribution in [2.75, 3.05) is 18.8 Å². The van der Waals surface area contributed by atoms with Gasteiger partial charge in [-0.2, -0.15) is 0 Å². The third-order valence-corrected chi connectivity index (χ3v) is 7.65. The first-order valence-corrected chi connectivity index (χ1v) is 12.1. The van der Waals surface area contributed by atoms with Gasteiger partial charge in [0.2, 0.25) is 10.0 Å². The molecule has 1 amide bonds. The molecule has 2 aromatic heterocycles. The minimum absolute atomic E-state index is 0.0934. The molecule has 1 saturated heterocycles. The molecule has 3 aromatic rings. The van der Waals surface area contributed by atoms with Gasteiger partial charge in [-0.3, -0.25) is 4.79 Å². The summed E-state index contributed by atoms with van der Waals surface area (Å²) in [4.78, 5) is 17.7. The molecule has 164 valence electrons. The van der Waals surface area contributed by atoms with Crippen LogP contribution in [-0.4, -0.2) is 53.7 Å². The fraction of sp³-hybridized carbons (Fsp3) is 0.409. The number of piperidine rings is 1. The van der Waals surface area contributed by atoms with E-state index in [1.807, 2.05) is 37.3 Å². The van der Waals surface area contributed by atoms with Crippen molar-refractivity contribution >= 4 is 27.0 Å². The third-order valence-electron chi connectivity index (χ3n) is 5.58. The summed E-state index contributed by atoms with van der Waals surface area (Å²) >= 11 is 0. The lowest BCUT2D eigenvalue weighted by Gasteiger charge is -2.31. The Bertz CT molecular complexity index is 1180. The first-order valence-electron chi connectivity index (χ1n) is 10.5. The molecule has 31 heavy (non-hydrogen) atoms. The molecular weight excluding hydrogens is 416 g/mol. The Morgan fingerprint density at radius 2 is 1.94 bits per heavy atom. The number of aromatic nitrogens is 2. The second-order valence-corrected chi connectivity index (χ2v) is 9.92. The van der Waals surface area contributed by atoms with Gasteiger partial charge >= 0.3 is 0 Å². The molecule has 1 aliphatic rings. The van der Waals surface area contributed by atoms with Crippen LogP contribution in [0.15, 0.2) is 40.9 Å². The number of nitrogens with zero attached hydrogens (tertiary/aromatic N) is 3. The molecule has 9 heteroatoms. The topological polar surface area (TPSA) is 105 Å². The maximum atomic E-state index is 13.2. The van der Waals surface area contributed by atoms with Crippen molar-refractivity contribution in [2.45, 2.75) is 39.2 Å². The van der Waals surface area contributed by atoms with Gasteiger partial charge in [-0.05, 0) is 32.3 Å². The molecule has 1 N–H and O–H groups in total. The number of pyridine rings is 1. The molecule has 0 saturated carbocycles. The summed E-state index contributed by atoms with van der Waals surface area (Å²) in [6.07, 6.45) is 1.76. The second kappa shape index (κ2) is 8.76. The Labute approximate surface area is 181 Å². The molecule has 1 aliphatic heterocycles. The summed E-state index contributed by atoms with van der Waals surface area (Å²) in [5, 5.41) is 7.65. The molecular formula is C22H26N4O4S. The number of amides is 1. The normalized spacial score (nSPS) is 15.9. The zero-order valence-electron chi connectivity index (χ0n) is 17.7. The summed E-state index contributed by atoms with van der Waals surface area (Å²) in [6.45, 7) is 4.47. The SMILES string of the molecule is CCCS(=O)(=O)N1CCC(NC(=O)c2cc(-c3ccccc3)nc3onc(C)c23)CC1. The second-order valence-electron chi connectivity index (χ2n) is 7.83. The predicted molar refractivity (Wildman–Crippen MR) is 118 cm³/mol. The Kier molecular flexibility index (Phi) is 6.06. The van der Waals surface area contributed by atoms with Crippen LogP contribution in [0, 0.1) is 6.92 Å². The Balaban J connectivity index is 1.55. The fourth-order valence-electron chi connectivity index (χ4n) is 3.96. The summed E-state index contributed by atoms with van der Waals surface area (Å²) in [5.41, 5.74) is 2.90. The van der Waals surface area contributed by atoms with Crippen molar-refractivity contribution in [2.24, 2.45) is 0 Å². The van der Waals surface area contributed by atoms with Crippen LogP contribution >= 0.6 is 0 Å². The number of carbonyl (C=O) groups is 1. The van der Waals surface area contributed by atoms with Crippen molar-refractivity contribution in [3.8, 4) is 11.3 Å². The van der Waals surface area contributed by atoms with E-state index < -0.39 is 10.0 Å². The Hall–Kier alpha value is -2.78. The predicted octanol–water partition coefficient (Wildman–Crippen LogP) is 3.13. The highest BCUT2D eigenvalue weighted by molar-refractivity contribution is 7.89. The molecule has 3 heterocycles. The number of nitrogens with one attached hydrogen (secondary N) is 1. The van der Waals surface area contributed by atoms with Crippen LogP contribution in [0.5, 0.6) is 0 Å². The van der Waals surface area contributed by atoms with Crippen molar-refractivity contribution in [1.82, 2.24) is 19.8 Å². The maximum Gasteiger partial charge on any atom is 0.259 e. The molecule has 0 radical (unpaired) electrons. The van der Waals surface area contributed by atoms with Crippen LogP contribution in [0.25, 0.3) is 22.4 Å². The standard InChI is InChI=1S/C22H26N4O4S/c1-3-13-31(28,29)26-11-9-17(10-12-26)23-21(27)18-14-19(16-7-5-4-6-8-16)24-22-20(18)15(2)25-30-22/h4-8,14,17H,3,9-13H2,1-2H3,(H,23,27). The highest BCUT2D eigenvalue weighted by Gasteiger charge is 2.29. The van der Waals surface area contributed by atoms with Gasteiger partial charge in [-0.1, -0.05) is 42.4 Å². The number of fused-ring (bicyclic) bond motifs is 1. The number of benzene rings is 1. The van der Waals surface area contributed by atoms with Crippen LogP contribution in [0.2, 0.25) is 0 Å². The van der Waals surface area contributed by atoms with Gasteiger partial charge in [0, 0.05) is 24.7 Å². The van der Waals surface area contributed by atoms with Crippen LogP contribution in [-0.2, 0) is 10.0 Å². The van der Waals surface area contributed by atoms with E-state index >= 15 is 0 Å². The number of rotatable bonds is 6. The van der Waals surface area contributed by atoms with Crippen molar-refractivity contribution in [3.63, 3.8) is 0 Å². The van der Waals surface area contributed by atoms with Crippen LogP contribution < -0.4 is 5.32 Å². The Morgan fingerprint density at radius 1 is 1.23 bits per heavy atom. The van der Waals surface area contributed by atoms with E-state index in [4.69, 9.17) is 4.52 Å². The van der Waals surface area contributed by atoms with Crippen LogP contribution in [0.1, 0.15) is 42.2 Å². The van der Waals surface area contributed by atoms with Crippen LogP contribution in [0.3, 0.4) is 0 Å². The minimum atomic E-state index is -3.21. The van der Waals surface area contributed by atoms with Gasteiger partial charge in [0.1, 0.15) is 0 Å². The van der Waals surface area contributed by atoms with Crippen LogP contribution in [0.4, 0.5) is 0 Å². The van der Waals surface area contributed by atoms with E-state index in [0.29, 0.717) is 60.4 Å². The fourth-order valence-corrected chi connectivity index (χ4v) is 5.50. The van der Waals surface area contributed by atoms with E-state index in [1.165, 1.54) is 4.31 Å². The van der Waals surface area contributed by atoms with Gasteiger partial charge in [0.05, 0.1) is 28.1 Å². The molecule has 0 atom stereocenters. The molecule has 4 rings (SSSR count). The highest BCUT2D eigenvalue weighted by Crippen LogP contribution is 2.27. The summed E-state index contributed by atoms with van der Waals surface area (Å²) < 4.78 is 31.4. The molecule has 8 nitrogen and oxygen atoms in total. The smallest absolute Gasteiger partial charge is 0.259 e. The van der Waals surface area contributed by atoms with E-state index in [1.54, 1.807) is 13.0 Å². The highest BCUT2D eigenvalue weighted by atomic mass is 32.2. The van der Waals surface area contributed by atoms with Gasteiger partial charge in [-0.25, -0.2) is 17.7 Å². The zero-order valence-corrected chi connectivity index (χ0v) is 18.5. The van der Waals surface area contributed by atoms with Gasteiger partial charge in [-0.15, -0.1) is 0 Å². The number of hydrogen-bond acceptors (Lipinski definition) is 6. The lowest BCUT2D eigenvalue weighted by atomic mass is 10.0. The Morgan fingerprint density at radius 3 is 2.61 bits per heavy atom. The molecule has 0 aliphatic carbocycles. The lowest BCUT2D eigenvalue weighted by molar-refractivity contribution is 0.0925. The largest absolute Gasteiger partial charge is 0.349 e. The van der Waals surface area contributed by atoms with E-state index in [9.17, 15) is 13.2 Å². The third kappa shape index (κ3) is 4.47. The van der Waals surface area contributed by atoms with E-state index in [0.717, 1.165) is 5.56 Å². The zero-order chi connectivity index (χ0) is 22.0. The van der Waals surface area contributed by atoms with E-state index in [-0.39, 0.29) is 17.7 Å². The van der Waals surface area contributed by atoms with Crippen molar-refractivity contribution in [3.05, 3.63) is 47.7 Å². The number of aryl methyl sites for hydroxylation is 1. The summed E-state index contributed by atoms with van der Waals surface area (Å²) in [5.74, 6) is -0.0700. The van der Waals surface area contributed by atoms with Gasteiger partial charge in [0.25, 0.3) is 11.6 Å².